The molecule has 0 radical (unpaired) electrons. The van der Waals surface area contributed by atoms with Crippen molar-refractivity contribution in [2.45, 2.75) is 84.0 Å². The van der Waals surface area contributed by atoms with E-state index in [9.17, 15) is 14.9 Å². The summed E-state index contributed by atoms with van der Waals surface area (Å²) in [6, 6.07) is 0. The second kappa shape index (κ2) is 17.6. The number of hydrogen-bond acceptors (Lipinski definition) is 3. The van der Waals surface area contributed by atoms with Crippen molar-refractivity contribution < 1.29 is 9.72 Å². The molecule has 0 saturated carbocycles. The minimum Gasteiger partial charge on any atom is -0.303 e. The summed E-state index contributed by atoms with van der Waals surface area (Å²) in [4.78, 5) is 20.9. The summed E-state index contributed by atoms with van der Waals surface area (Å²) in [6.07, 6.45) is 22.3. The van der Waals surface area contributed by atoms with Crippen molar-refractivity contribution in [2.24, 2.45) is 0 Å². The van der Waals surface area contributed by atoms with Crippen molar-refractivity contribution in [1.82, 2.24) is 0 Å². The molecule has 4 heteroatoms. The van der Waals surface area contributed by atoms with Crippen LogP contribution in [0.2, 0.25) is 0 Å². The minimum atomic E-state index is -0.296. The van der Waals surface area contributed by atoms with Crippen LogP contribution in [0.1, 0.15) is 84.0 Å². The van der Waals surface area contributed by atoms with E-state index in [0.717, 1.165) is 25.5 Å². The second-order valence-corrected chi connectivity index (χ2v) is 5.99. The summed E-state index contributed by atoms with van der Waals surface area (Å²) in [5.41, 5.74) is 0.256. The van der Waals surface area contributed by atoms with Gasteiger partial charge in [0.15, 0.2) is 0 Å². The van der Waals surface area contributed by atoms with Crippen molar-refractivity contribution in [3.63, 3.8) is 0 Å². The van der Waals surface area contributed by atoms with Crippen molar-refractivity contribution in [2.75, 3.05) is 0 Å². The van der Waals surface area contributed by atoms with Crippen LogP contribution in [0.4, 0.5) is 0 Å². The van der Waals surface area contributed by atoms with Crippen LogP contribution in [-0.4, -0.2) is 11.2 Å². The maximum absolute atomic E-state index is 11.0. The molecule has 0 aliphatic heterocycles. The van der Waals surface area contributed by atoms with Gasteiger partial charge in [0.1, 0.15) is 6.29 Å². The van der Waals surface area contributed by atoms with Crippen LogP contribution in [0.25, 0.3) is 0 Å². The van der Waals surface area contributed by atoms with E-state index in [1.54, 1.807) is 6.08 Å². The summed E-state index contributed by atoms with van der Waals surface area (Å²) >= 11 is 0. The average Bonchev–Trinajstić information content (AvgIpc) is 2.57. The van der Waals surface area contributed by atoms with E-state index in [1.165, 1.54) is 38.5 Å². The Balaban J connectivity index is 3.90. The first-order valence-corrected chi connectivity index (χ1v) is 9.29. The molecule has 0 saturated heterocycles. The van der Waals surface area contributed by atoms with Gasteiger partial charge < -0.3 is 4.79 Å². The fraction of sp³-hybridized carbons (Fsp3) is 0.650. The molecular weight excluding hydrogens is 302 g/mol. The molecule has 0 aromatic rings. The van der Waals surface area contributed by atoms with Gasteiger partial charge >= 0.3 is 0 Å². The van der Waals surface area contributed by atoms with E-state index >= 15 is 0 Å². The Bertz CT molecular complexity index is 411. The molecule has 136 valence electrons. The molecule has 0 aromatic heterocycles. The van der Waals surface area contributed by atoms with Gasteiger partial charge in [-0.3, -0.25) is 10.1 Å². The predicted octanol–water partition coefficient (Wildman–Crippen LogP) is 6.16. The van der Waals surface area contributed by atoms with Gasteiger partial charge in [-0.05, 0) is 38.2 Å². The lowest BCUT2D eigenvalue weighted by Gasteiger charge is -1.97. The van der Waals surface area contributed by atoms with Crippen LogP contribution in [0.5, 0.6) is 0 Å². The number of nitrogens with zero attached hydrogens (tertiary/aromatic N) is 1. The fourth-order valence-electron chi connectivity index (χ4n) is 2.33. The quantitative estimate of drug-likeness (QED) is 0.112. The van der Waals surface area contributed by atoms with Crippen LogP contribution in [-0.2, 0) is 4.79 Å². The second-order valence-electron chi connectivity index (χ2n) is 5.99. The summed E-state index contributed by atoms with van der Waals surface area (Å²) in [7, 11) is 0. The molecule has 0 bridgehead atoms. The molecule has 0 aliphatic carbocycles. The molecule has 0 aliphatic rings. The summed E-state index contributed by atoms with van der Waals surface area (Å²) in [5.74, 6) is 0. The zero-order valence-electron chi connectivity index (χ0n) is 15.1. The van der Waals surface area contributed by atoms with Crippen molar-refractivity contribution in [1.29, 1.82) is 0 Å². The van der Waals surface area contributed by atoms with Crippen LogP contribution < -0.4 is 0 Å². The number of nitro groups is 1. The van der Waals surface area contributed by atoms with E-state index in [4.69, 9.17) is 0 Å². The predicted molar refractivity (Wildman–Crippen MR) is 100 cm³/mol. The monoisotopic (exact) mass is 335 g/mol. The van der Waals surface area contributed by atoms with Crippen LogP contribution in [0, 0.1) is 10.1 Å². The molecule has 0 heterocycles. The molecule has 4 nitrogen and oxygen atoms in total. The lowest BCUT2D eigenvalue weighted by molar-refractivity contribution is -0.427. The Labute approximate surface area is 146 Å². The van der Waals surface area contributed by atoms with Gasteiger partial charge in [0.25, 0.3) is 0 Å². The van der Waals surface area contributed by atoms with E-state index in [0.29, 0.717) is 19.3 Å². The smallest absolute Gasteiger partial charge is 0.246 e. The molecule has 0 aromatic carbocycles. The number of rotatable bonds is 16. The molecular formula is C20H33NO3. The third kappa shape index (κ3) is 15.2. The van der Waals surface area contributed by atoms with E-state index < -0.39 is 0 Å². The minimum absolute atomic E-state index is 0.256. The highest BCUT2D eigenvalue weighted by atomic mass is 16.6. The van der Waals surface area contributed by atoms with E-state index in [2.05, 4.69) is 13.0 Å². The highest BCUT2D eigenvalue weighted by molar-refractivity contribution is 5.49. The maximum atomic E-state index is 11.0. The Morgan fingerprint density at radius 3 is 2.25 bits per heavy atom. The van der Waals surface area contributed by atoms with Gasteiger partial charge in [0.2, 0.25) is 5.70 Å². The van der Waals surface area contributed by atoms with Gasteiger partial charge in [0.05, 0.1) is 11.3 Å². The van der Waals surface area contributed by atoms with Gasteiger partial charge in [-0.2, -0.15) is 0 Å². The Kier molecular flexibility index (Phi) is 16.4. The number of unbranched alkanes of at least 4 members (excludes halogenated alkanes) is 8. The van der Waals surface area contributed by atoms with Gasteiger partial charge in [0, 0.05) is 6.42 Å². The summed E-state index contributed by atoms with van der Waals surface area (Å²) in [5, 5.41) is 11.0. The summed E-state index contributed by atoms with van der Waals surface area (Å²) < 4.78 is 0. The first-order valence-electron chi connectivity index (χ1n) is 9.29. The SMILES string of the molecule is CCCCCCCC/C=C\C/C(=C\C/C=C\CCCC=O)[N+](=O)[O-]. The van der Waals surface area contributed by atoms with Gasteiger partial charge in [-0.25, -0.2) is 0 Å². The third-order valence-corrected chi connectivity index (χ3v) is 3.80. The molecule has 0 unspecified atom stereocenters. The van der Waals surface area contributed by atoms with Crippen molar-refractivity contribution in [3.05, 3.63) is 46.2 Å². The van der Waals surface area contributed by atoms with E-state index in [-0.39, 0.29) is 10.6 Å². The van der Waals surface area contributed by atoms with Gasteiger partial charge in [-0.15, -0.1) is 0 Å². The Morgan fingerprint density at radius 2 is 1.54 bits per heavy atom. The fourth-order valence-corrected chi connectivity index (χ4v) is 2.33. The molecule has 0 rings (SSSR count). The average molecular weight is 335 g/mol. The normalized spacial score (nSPS) is 12.3. The molecule has 24 heavy (non-hydrogen) atoms. The largest absolute Gasteiger partial charge is 0.303 e. The third-order valence-electron chi connectivity index (χ3n) is 3.80. The molecule has 0 fully saturated rings. The zero-order valence-corrected chi connectivity index (χ0v) is 15.1. The van der Waals surface area contributed by atoms with Crippen LogP contribution >= 0.6 is 0 Å². The van der Waals surface area contributed by atoms with Gasteiger partial charge in [-0.1, -0.05) is 63.3 Å². The van der Waals surface area contributed by atoms with Crippen LogP contribution in [0.3, 0.4) is 0 Å². The molecule has 0 atom stereocenters. The van der Waals surface area contributed by atoms with Crippen molar-refractivity contribution in [3.8, 4) is 0 Å². The number of aldehydes is 1. The standard InChI is InChI=1S/C20H33NO3/c1-2-3-4-5-6-7-8-11-14-17-20(21(23)24)18-15-12-9-10-13-16-19-22/h9,11-12,14,18-19H,2-8,10,13,15-17H2,1H3/b12-9-,14-11-,20-18+. The lowest BCUT2D eigenvalue weighted by Crippen LogP contribution is -1.97. The lowest BCUT2D eigenvalue weighted by atomic mass is 10.1. The molecule has 0 spiro atoms. The van der Waals surface area contributed by atoms with E-state index in [1.807, 2.05) is 18.2 Å². The Morgan fingerprint density at radius 1 is 0.875 bits per heavy atom. The van der Waals surface area contributed by atoms with Crippen molar-refractivity contribution >= 4 is 6.29 Å². The molecule has 0 amide bonds. The number of carbonyl (C=O) groups excluding carboxylic acids is 1. The highest BCUT2D eigenvalue weighted by Crippen LogP contribution is 2.09. The first-order chi connectivity index (χ1) is 11.7. The zero-order chi connectivity index (χ0) is 17.9. The maximum Gasteiger partial charge on any atom is 0.246 e. The summed E-state index contributed by atoms with van der Waals surface area (Å²) in [6.45, 7) is 2.22. The van der Waals surface area contributed by atoms with Crippen LogP contribution in [0.15, 0.2) is 36.1 Å². The Hall–Kier alpha value is -1.71. The topological polar surface area (TPSA) is 60.2 Å². The number of allylic oxidation sites excluding steroid dienone is 5. The number of hydrogen-bond donors (Lipinski definition) is 0. The first kappa shape index (κ1) is 22.3. The molecule has 0 N–H and O–H groups in total. The highest BCUT2D eigenvalue weighted by Gasteiger charge is 2.06. The number of carbonyl (C=O) groups is 1.